The Hall–Kier alpha value is -2.76. The second-order valence-electron chi connectivity index (χ2n) is 8.66. The fourth-order valence-corrected chi connectivity index (χ4v) is 6.78. The van der Waals surface area contributed by atoms with Crippen molar-refractivity contribution in [3.8, 4) is 0 Å². The Morgan fingerprint density at radius 3 is 2.48 bits per heavy atom. The molecule has 1 unspecified atom stereocenters. The fraction of sp³-hybridized carbons (Fsp3) is 0.269. The molecule has 1 fully saturated rings. The van der Waals surface area contributed by atoms with Gasteiger partial charge in [0.1, 0.15) is 5.78 Å². The van der Waals surface area contributed by atoms with E-state index < -0.39 is 10.0 Å². The number of ketones is 1. The Morgan fingerprint density at radius 2 is 1.65 bits per heavy atom. The molecule has 3 aromatic rings. The molecule has 0 saturated heterocycles. The first-order valence-electron chi connectivity index (χ1n) is 10.7. The number of benzene rings is 3. The van der Waals surface area contributed by atoms with Crippen LogP contribution < -0.4 is 0 Å². The highest BCUT2D eigenvalue weighted by Crippen LogP contribution is 2.46. The van der Waals surface area contributed by atoms with E-state index in [1.54, 1.807) is 16.4 Å². The molecule has 0 N–H and O–H groups in total. The van der Waals surface area contributed by atoms with Gasteiger partial charge in [-0.3, -0.25) is 4.79 Å². The van der Waals surface area contributed by atoms with Gasteiger partial charge < -0.3 is 0 Å². The molecular formula is C26H25NO3S. The Labute approximate surface area is 183 Å². The van der Waals surface area contributed by atoms with Crippen molar-refractivity contribution in [2.45, 2.75) is 30.6 Å². The van der Waals surface area contributed by atoms with Gasteiger partial charge in [0, 0.05) is 36.7 Å². The molecule has 4 nitrogen and oxygen atoms in total. The van der Waals surface area contributed by atoms with Crippen LogP contribution in [0.5, 0.6) is 0 Å². The molecule has 1 heterocycles. The summed E-state index contributed by atoms with van der Waals surface area (Å²) >= 11 is 0. The van der Waals surface area contributed by atoms with E-state index in [2.05, 4.69) is 12.1 Å². The van der Waals surface area contributed by atoms with E-state index in [1.165, 1.54) is 5.56 Å². The first kappa shape index (κ1) is 20.2. The lowest BCUT2D eigenvalue weighted by molar-refractivity contribution is -0.120. The zero-order chi connectivity index (χ0) is 21.5. The molecule has 31 heavy (non-hydrogen) atoms. The largest absolute Gasteiger partial charge is 0.299 e. The van der Waals surface area contributed by atoms with Crippen LogP contribution in [0.4, 0.5) is 0 Å². The van der Waals surface area contributed by atoms with Crippen molar-refractivity contribution in [3.63, 3.8) is 0 Å². The van der Waals surface area contributed by atoms with Crippen molar-refractivity contribution in [2.75, 3.05) is 13.1 Å². The Bertz CT molecular complexity index is 1280. The molecule has 158 valence electrons. The number of sulfonamides is 1. The second kappa shape index (κ2) is 7.74. The van der Waals surface area contributed by atoms with Gasteiger partial charge in [0.25, 0.3) is 0 Å². The minimum atomic E-state index is -3.68. The molecule has 1 saturated carbocycles. The van der Waals surface area contributed by atoms with Gasteiger partial charge in [0.15, 0.2) is 0 Å². The highest BCUT2D eigenvalue weighted by atomic mass is 32.2. The normalized spacial score (nSPS) is 22.2. The molecular weight excluding hydrogens is 406 g/mol. The highest BCUT2D eigenvalue weighted by Gasteiger charge is 2.45. The first-order chi connectivity index (χ1) is 15.0. The second-order valence-corrected chi connectivity index (χ2v) is 10.6. The van der Waals surface area contributed by atoms with Crippen LogP contribution >= 0.6 is 0 Å². The first-order valence-corrected chi connectivity index (χ1v) is 12.2. The zero-order valence-electron chi connectivity index (χ0n) is 17.3. The predicted octanol–water partition coefficient (Wildman–Crippen LogP) is 4.75. The zero-order valence-corrected chi connectivity index (χ0v) is 18.1. The minimum absolute atomic E-state index is 0.250. The van der Waals surface area contributed by atoms with Crippen molar-refractivity contribution >= 4 is 26.6 Å². The van der Waals surface area contributed by atoms with Gasteiger partial charge in [0.05, 0.1) is 4.90 Å². The van der Waals surface area contributed by atoms with Gasteiger partial charge >= 0.3 is 0 Å². The van der Waals surface area contributed by atoms with E-state index in [9.17, 15) is 13.2 Å². The van der Waals surface area contributed by atoms with Crippen molar-refractivity contribution in [3.05, 3.63) is 90.0 Å². The average Bonchev–Trinajstić information content (AvgIpc) is 2.79. The summed E-state index contributed by atoms with van der Waals surface area (Å²) in [6, 6.07) is 23.2. The minimum Gasteiger partial charge on any atom is -0.299 e. The third-order valence-electron chi connectivity index (χ3n) is 6.72. The van der Waals surface area contributed by atoms with Crippen LogP contribution in [0.2, 0.25) is 0 Å². The van der Waals surface area contributed by atoms with Crippen LogP contribution in [0.25, 0.3) is 10.8 Å². The molecule has 0 spiro atoms. The van der Waals surface area contributed by atoms with Crippen LogP contribution in [-0.2, 0) is 21.2 Å². The standard InChI is InChI=1S/C26H25NO3S/c28-23-13-15-26(18-20-7-2-1-3-8-20)19-27(16-14-22(26)17-23)31(29,30)25-12-6-10-21-9-4-5-11-24(21)25/h1-12,14H,13,15-19H2. The van der Waals surface area contributed by atoms with Gasteiger partial charge in [-0.25, -0.2) is 8.42 Å². The van der Waals surface area contributed by atoms with E-state index in [-0.39, 0.29) is 11.2 Å². The van der Waals surface area contributed by atoms with Crippen LogP contribution in [0.15, 0.2) is 89.3 Å². The maximum Gasteiger partial charge on any atom is 0.244 e. The number of hydrogen-bond donors (Lipinski definition) is 0. The summed E-state index contributed by atoms with van der Waals surface area (Å²) in [7, 11) is -3.68. The predicted molar refractivity (Wildman–Crippen MR) is 122 cm³/mol. The SMILES string of the molecule is O=C1CCC2(Cc3ccccc3)CN(S(=O)(=O)c3cccc4ccccc34)CC=C2C1. The molecule has 3 aromatic carbocycles. The topological polar surface area (TPSA) is 54.5 Å². The third kappa shape index (κ3) is 3.62. The van der Waals surface area contributed by atoms with Gasteiger partial charge in [0.2, 0.25) is 10.0 Å². The summed E-state index contributed by atoms with van der Waals surface area (Å²) in [6.45, 7) is 0.720. The molecule has 0 amide bonds. The molecule has 5 rings (SSSR count). The monoisotopic (exact) mass is 431 g/mol. The summed E-state index contributed by atoms with van der Waals surface area (Å²) in [5.41, 5.74) is 1.95. The van der Waals surface area contributed by atoms with E-state index in [0.717, 1.165) is 22.8 Å². The summed E-state index contributed by atoms with van der Waals surface area (Å²) in [4.78, 5) is 12.5. The van der Waals surface area contributed by atoms with E-state index in [4.69, 9.17) is 0 Å². The molecule has 5 heteroatoms. The van der Waals surface area contributed by atoms with E-state index in [1.807, 2.05) is 54.6 Å². The maximum atomic E-state index is 13.8. The van der Waals surface area contributed by atoms with Crippen molar-refractivity contribution in [1.29, 1.82) is 0 Å². The molecule has 0 radical (unpaired) electrons. The molecule has 1 atom stereocenters. The summed E-state index contributed by atoms with van der Waals surface area (Å²) < 4.78 is 29.1. The lowest BCUT2D eigenvalue weighted by Gasteiger charge is -2.45. The van der Waals surface area contributed by atoms with Crippen molar-refractivity contribution in [1.82, 2.24) is 4.31 Å². The van der Waals surface area contributed by atoms with Gasteiger partial charge in [-0.1, -0.05) is 78.4 Å². The molecule has 2 aliphatic rings. The highest BCUT2D eigenvalue weighted by molar-refractivity contribution is 7.89. The quantitative estimate of drug-likeness (QED) is 0.560. The number of fused-ring (bicyclic) bond motifs is 2. The number of Topliss-reactive ketones (excluding diaryl/α,β-unsaturated/α-hetero) is 1. The average molecular weight is 432 g/mol. The van der Waals surface area contributed by atoms with Gasteiger partial charge in [-0.2, -0.15) is 4.31 Å². The third-order valence-corrected chi connectivity index (χ3v) is 8.59. The summed E-state index contributed by atoms with van der Waals surface area (Å²) in [5, 5.41) is 1.66. The van der Waals surface area contributed by atoms with Crippen molar-refractivity contribution < 1.29 is 13.2 Å². The Morgan fingerprint density at radius 1 is 0.903 bits per heavy atom. The number of rotatable bonds is 4. The Kier molecular flexibility index (Phi) is 5.03. The van der Waals surface area contributed by atoms with E-state index >= 15 is 0 Å². The van der Waals surface area contributed by atoms with Gasteiger partial charge in [-0.15, -0.1) is 0 Å². The number of hydrogen-bond acceptors (Lipinski definition) is 3. The number of carbonyl (C=O) groups is 1. The molecule has 1 aliphatic carbocycles. The number of carbonyl (C=O) groups excluding carboxylic acids is 1. The van der Waals surface area contributed by atoms with Crippen LogP contribution in [0.1, 0.15) is 24.8 Å². The van der Waals surface area contributed by atoms with Crippen LogP contribution in [0.3, 0.4) is 0 Å². The molecule has 0 bridgehead atoms. The number of nitrogens with zero attached hydrogens (tertiary/aromatic N) is 1. The van der Waals surface area contributed by atoms with Crippen LogP contribution in [-0.4, -0.2) is 31.6 Å². The van der Waals surface area contributed by atoms with Crippen LogP contribution in [0, 0.1) is 5.41 Å². The fourth-order valence-electron chi connectivity index (χ4n) is 5.10. The van der Waals surface area contributed by atoms with Gasteiger partial charge in [-0.05, 0) is 29.9 Å². The van der Waals surface area contributed by atoms with E-state index in [0.29, 0.717) is 37.2 Å². The maximum absolute atomic E-state index is 13.8. The lowest BCUT2D eigenvalue weighted by atomic mass is 9.65. The lowest BCUT2D eigenvalue weighted by Crippen LogP contribution is -2.49. The smallest absolute Gasteiger partial charge is 0.244 e. The Balaban J connectivity index is 1.56. The van der Waals surface area contributed by atoms with Crippen molar-refractivity contribution in [2.24, 2.45) is 5.41 Å². The molecule has 1 aliphatic heterocycles. The summed E-state index contributed by atoms with van der Waals surface area (Å²) in [6.07, 6.45) is 4.37. The summed E-state index contributed by atoms with van der Waals surface area (Å²) in [5.74, 6) is 0.250. The molecule has 0 aromatic heterocycles.